The molecular formula is C23H26ClN5O2. The van der Waals surface area contributed by atoms with Crippen LogP contribution < -0.4 is 5.48 Å². The van der Waals surface area contributed by atoms with Crippen LogP contribution in [0.5, 0.6) is 0 Å². The minimum Gasteiger partial charge on any atom is -0.299 e. The lowest BCUT2D eigenvalue weighted by Gasteiger charge is -2.14. The molecule has 0 atom stereocenters. The van der Waals surface area contributed by atoms with Gasteiger partial charge in [0, 0.05) is 18.2 Å². The van der Waals surface area contributed by atoms with Crippen LogP contribution in [0.4, 0.5) is 0 Å². The Morgan fingerprint density at radius 1 is 1.06 bits per heavy atom. The molecular weight excluding hydrogens is 414 g/mol. The molecule has 1 aliphatic rings. The average Bonchev–Trinajstić information content (AvgIpc) is 3.45. The van der Waals surface area contributed by atoms with Crippen LogP contribution in [0.1, 0.15) is 29.5 Å². The first-order chi connectivity index (χ1) is 14.7. The second-order valence-electron chi connectivity index (χ2n) is 7.54. The van der Waals surface area contributed by atoms with Gasteiger partial charge in [-0.3, -0.25) is 14.9 Å². The Kier molecular flexibility index (Phi) is 7.94. The molecule has 1 fully saturated rings. The Morgan fingerprint density at radius 3 is 2.58 bits per heavy atom. The van der Waals surface area contributed by atoms with Crippen molar-refractivity contribution in [3.63, 3.8) is 0 Å². The molecule has 0 aliphatic carbocycles. The zero-order valence-electron chi connectivity index (χ0n) is 17.1. The van der Waals surface area contributed by atoms with Crippen LogP contribution in [0, 0.1) is 0 Å². The molecule has 1 aromatic heterocycles. The molecule has 162 valence electrons. The van der Waals surface area contributed by atoms with Crippen molar-refractivity contribution in [3.8, 4) is 11.3 Å². The van der Waals surface area contributed by atoms with E-state index in [-0.39, 0.29) is 12.4 Å². The fourth-order valence-corrected chi connectivity index (χ4v) is 3.68. The van der Waals surface area contributed by atoms with E-state index in [0.29, 0.717) is 6.54 Å². The first-order valence-corrected chi connectivity index (χ1v) is 10.1. The van der Waals surface area contributed by atoms with E-state index in [0.717, 1.165) is 28.9 Å². The van der Waals surface area contributed by atoms with E-state index in [1.165, 1.54) is 37.6 Å². The van der Waals surface area contributed by atoms with E-state index in [1.54, 1.807) is 16.2 Å². The highest BCUT2D eigenvalue weighted by Crippen LogP contribution is 2.19. The normalized spacial score (nSPS) is 14.0. The molecule has 2 N–H and O–H groups in total. The van der Waals surface area contributed by atoms with Crippen molar-refractivity contribution in [2.24, 2.45) is 0 Å². The maximum Gasteiger partial charge on any atom is 0.267 e. The highest BCUT2D eigenvalue weighted by Gasteiger charge is 2.12. The van der Waals surface area contributed by atoms with Crippen molar-refractivity contribution in [2.45, 2.75) is 25.9 Å². The van der Waals surface area contributed by atoms with Gasteiger partial charge in [0.15, 0.2) is 0 Å². The van der Waals surface area contributed by atoms with E-state index in [2.05, 4.69) is 39.5 Å². The van der Waals surface area contributed by atoms with Gasteiger partial charge in [-0.1, -0.05) is 47.7 Å². The summed E-state index contributed by atoms with van der Waals surface area (Å²) in [6, 6.07) is 16.3. The molecule has 0 saturated carbocycles. The Morgan fingerprint density at radius 2 is 1.84 bits per heavy atom. The molecule has 1 amide bonds. The molecule has 7 nitrogen and oxygen atoms in total. The number of hydrogen-bond donors (Lipinski definition) is 2. The smallest absolute Gasteiger partial charge is 0.267 e. The van der Waals surface area contributed by atoms with Gasteiger partial charge in [-0.15, -0.1) is 17.5 Å². The van der Waals surface area contributed by atoms with E-state index < -0.39 is 5.91 Å². The van der Waals surface area contributed by atoms with Crippen LogP contribution in [-0.4, -0.2) is 44.1 Å². The lowest BCUT2D eigenvalue weighted by atomic mass is 10.1. The van der Waals surface area contributed by atoms with Crippen LogP contribution in [0.15, 0.2) is 60.8 Å². The van der Waals surface area contributed by atoms with Crippen molar-refractivity contribution < 1.29 is 10.0 Å². The van der Waals surface area contributed by atoms with Crippen LogP contribution in [0.25, 0.3) is 17.3 Å². The average molecular weight is 440 g/mol. The largest absolute Gasteiger partial charge is 0.299 e. The predicted octanol–water partition coefficient (Wildman–Crippen LogP) is 3.53. The molecule has 1 saturated heterocycles. The van der Waals surface area contributed by atoms with E-state index in [9.17, 15) is 4.79 Å². The Bertz CT molecular complexity index is 1030. The number of aromatic nitrogens is 3. The van der Waals surface area contributed by atoms with E-state index >= 15 is 0 Å². The summed E-state index contributed by atoms with van der Waals surface area (Å²) in [5, 5.41) is 17.1. The number of carbonyl (C=O) groups excluding carboxylic acids is 1. The van der Waals surface area contributed by atoms with Gasteiger partial charge in [-0.2, -0.15) is 0 Å². The Labute approximate surface area is 187 Å². The molecule has 2 heterocycles. The lowest BCUT2D eigenvalue weighted by molar-refractivity contribution is -0.124. The van der Waals surface area contributed by atoms with Gasteiger partial charge in [0.1, 0.15) is 5.69 Å². The third-order valence-corrected chi connectivity index (χ3v) is 5.23. The SMILES string of the molecule is Cl.O=C(C=Cc1cccc(Cn2cc(-c3ccc(CN4CCCC4)cc3)nn2)c1)NO. The van der Waals surface area contributed by atoms with E-state index in [4.69, 9.17) is 5.21 Å². The van der Waals surface area contributed by atoms with Crippen molar-refractivity contribution in [2.75, 3.05) is 13.1 Å². The molecule has 0 unspecified atom stereocenters. The van der Waals surface area contributed by atoms with Crippen molar-refractivity contribution in [3.05, 3.63) is 77.5 Å². The van der Waals surface area contributed by atoms with Gasteiger partial charge in [0.25, 0.3) is 5.91 Å². The summed E-state index contributed by atoms with van der Waals surface area (Å²) in [7, 11) is 0. The molecule has 3 aromatic rings. The standard InChI is InChI=1S/C23H25N5O2.ClH/c29-23(25-30)11-8-18-4-3-5-20(14-18)16-28-17-22(24-26-28)21-9-6-19(7-10-21)15-27-12-1-2-13-27;/h3-11,14,17,30H,1-2,12-13,15-16H2,(H,25,29);1H. The first kappa shape index (κ1) is 22.7. The van der Waals surface area contributed by atoms with Crippen molar-refractivity contribution >= 4 is 24.4 Å². The van der Waals surface area contributed by atoms with Crippen LogP contribution >= 0.6 is 12.4 Å². The summed E-state index contributed by atoms with van der Waals surface area (Å²) in [5.74, 6) is -0.562. The minimum absolute atomic E-state index is 0. The molecule has 4 rings (SSSR count). The predicted molar refractivity (Wildman–Crippen MR) is 122 cm³/mol. The number of hydroxylamine groups is 1. The molecule has 31 heavy (non-hydrogen) atoms. The van der Waals surface area contributed by atoms with Gasteiger partial charge in [0.2, 0.25) is 0 Å². The molecule has 8 heteroatoms. The molecule has 2 aromatic carbocycles. The number of nitrogens with zero attached hydrogens (tertiary/aromatic N) is 4. The first-order valence-electron chi connectivity index (χ1n) is 10.1. The fourth-order valence-electron chi connectivity index (χ4n) is 3.68. The Hall–Kier alpha value is -3.00. The number of likely N-dealkylation sites (tertiary alicyclic amines) is 1. The quantitative estimate of drug-likeness (QED) is 0.334. The van der Waals surface area contributed by atoms with Crippen molar-refractivity contribution in [1.82, 2.24) is 25.4 Å². The monoisotopic (exact) mass is 439 g/mol. The highest BCUT2D eigenvalue weighted by molar-refractivity contribution is 5.90. The molecule has 0 radical (unpaired) electrons. The molecule has 1 aliphatic heterocycles. The van der Waals surface area contributed by atoms with Gasteiger partial charge in [-0.05, 0) is 54.8 Å². The summed E-state index contributed by atoms with van der Waals surface area (Å²) in [6.07, 6.45) is 7.47. The summed E-state index contributed by atoms with van der Waals surface area (Å²) in [5.41, 5.74) is 6.71. The number of carbonyl (C=O) groups is 1. The van der Waals surface area contributed by atoms with Gasteiger partial charge in [-0.25, -0.2) is 10.2 Å². The molecule has 0 bridgehead atoms. The number of rotatable bonds is 7. The lowest BCUT2D eigenvalue weighted by Crippen LogP contribution is -2.18. The number of halogens is 1. The van der Waals surface area contributed by atoms with E-state index in [1.807, 2.05) is 30.5 Å². The van der Waals surface area contributed by atoms with Gasteiger partial charge < -0.3 is 0 Å². The summed E-state index contributed by atoms with van der Waals surface area (Å²) >= 11 is 0. The van der Waals surface area contributed by atoms with Crippen LogP contribution in [0.2, 0.25) is 0 Å². The summed E-state index contributed by atoms with van der Waals surface area (Å²) in [4.78, 5) is 13.6. The molecule has 0 spiro atoms. The summed E-state index contributed by atoms with van der Waals surface area (Å²) < 4.78 is 1.80. The number of hydrogen-bond acceptors (Lipinski definition) is 5. The third-order valence-electron chi connectivity index (χ3n) is 5.23. The Balaban J connectivity index is 0.00000272. The minimum atomic E-state index is -0.562. The maximum absolute atomic E-state index is 11.1. The second-order valence-corrected chi connectivity index (χ2v) is 7.54. The third kappa shape index (κ3) is 6.24. The number of nitrogens with one attached hydrogen (secondary N) is 1. The zero-order valence-corrected chi connectivity index (χ0v) is 18.0. The van der Waals surface area contributed by atoms with Crippen molar-refractivity contribution in [1.29, 1.82) is 0 Å². The fraction of sp³-hybridized carbons (Fsp3) is 0.261. The summed E-state index contributed by atoms with van der Waals surface area (Å²) in [6.45, 7) is 3.98. The maximum atomic E-state index is 11.1. The second kappa shape index (κ2) is 10.9. The topological polar surface area (TPSA) is 83.3 Å². The van der Waals surface area contributed by atoms with Gasteiger partial charge in [0.05, 0.1) is 12.7 Å². The van der Waals surface area contributed by atoms with Gasteiger partial charge >= 0.3 is 0 Å². The highest BCUT2D eigenvalue weighted by atomic mass is 35.5. The number of amides is 1. The zero-order chi connectivity index (χ0) is 20.8. The van der Waals surface area contributed by atoms with Crippen LogP contribution in [0.3, 0.4) is 0 Å². The van der Waals surface area contributed by atoms with Crippen LogP contribution in [-0.2, 0) is 17.9 Å². The number of benzene rings is 2.